The summed E-state index contributed by atoms with van der Waals surface area (Å²) in [7, 11) is 4.02. The van der Waals surface area contributed by atoms with Crippen molar-refractivity contribution in [2.24, 2.45) is 5.92 Å². The van der Waals surface area contributed by atoms with E-state index >= 15 is 0 Å². The minimum atomic E-state index is -0.323. The number of hydrogen-bond donors (Lipinski definition) is 2. The number of anilines is 3. The van der Waals surface area contributed by atoms with Crippen LogP contribution in [0.2, 0.25) is 0 Å². The van der Waals surface area contributed by atoms with E-state index in [1.54, 1.807) is 4.90 Å². The van der Waals surface area contributed by atoms with E-state index in [0.717, 1.165) is 30.0 Å². The van der Waals surface area contributed by atoms with Crippen LogP contribution in [0.1, 0.15) is 24.2 Å². The Morgan fingerprint density at radius 3 is 2.57 bits per heavy atom. The summed E-state index contributed by atoms with van der Waals surface area (Å²) in [6.07, 6.45) is 1.17. The maximum absolute atomic E-state index is 12.7. The van der Waals surface area contributed by atoms with Crippen LogP contribution >= 0.6 is 0 Å². The molecule has 2 heterocycles. The number of carbonyl (C=O) groups excluding carboxylic acids is 2. The lowest BCUT2D eigenvalue weighted by Gasteiger charge is -2.18. The molecule has 2 aromatic rings. The third kappa shape index (κ3) is 6.00. The minimum absolute atomic E-state index is 0.0521. The zero-order chi connectivity index (χ0) is 21.7. The van der Waals surface area contributed by atoms with Crippen molar-refractivity contribution < 1.29 is 9.59 Å². The number of carbonyl (C=O) groups is 2. The molecule has 30 heavy (non-hydrogen) atoms. The fourth-order valence-electron chi connectivity index (χ4n) is 3.57. The van der Waals surface area contributed by atoms with E-state index in [0.29, 0.717) is 24.7 Å². The predicted molar refractivity (Wildman–Crippen MR) is 118 cm³/mol. The predicted octanol–water partition coefficient (Wildman–Crippen LogP) is 2.58. The topological polar surface area (TPSA) is 90.5 Å². The van der Waals surface area contributed by atoms with Gasteiger partial charge in [-0.2, -0.15) is 0 Å². The standard InChI is InChI=1S/C22H30N6O2/c1-15-11-16(2)24-22(23-15)26-19-8-5-7-18(13-19)25-21(30)17-12-20(29)28(14-17)10-6-9-27(3)4/h5,7-8,11,13,17H,6,9-10,12,14H2,1-4H3,(H,25,30)(H,23,24,26). The molecule has 1 aliphatic heterocycles. The van der Waals surface area contributed by atoms with Crippen molar-refractivity contribution in [2.75, 3.05) is 44.4 Å². The number of hydrogen-bond acceptors (Lipinski definition) is 6. The monoisotopic (exact) mass is 410 g/mol. The molecule has 8 nitrogen and oxygen atoms in total. The molecule has 1 aromatic carbocycles. The average Bonchev–Trinajstić information content (AvgIpc) is 3.02. The summed E-state index contributed by atoms with van der Waals surface area (Å²) in [5.41, 5.74) is 3.23. The second kappa shape index (κ2) is 9.67. The van der Waals surface area contributed by atoms with Crippen LogP contribution in [0.5, 0.6) is 0 Å². The van der Waals surface area contributed by atoms with Gasteiger partial charge in [-0.15, -0.1) is 0 Å². The van der Waals surface area contributed by atoms with Gasteiger partial charge in [0.25, 0.3) is 0 Å². The number of rotatable bonds is 8. The van der Waals surface area contributed by atoms with Crippen LogP contribution in [-0.4, -0.2) is 65.3 Å². The van der Waals surface area contributed by atoms with Crippen LogP contribution in [0.3, 0.4) is 0 Å². The molecular weight excluding hydrogens is 380 g/mol. The van der Waals surface area contributed by atoms with E-state index in [4.69, 9.17) is 0 Å². The van der Waals surface area contributed by atoms with Gasteiger partial charge in [-0.25, -0.2) is 9.97 Å². The van der Waals surface area contributed by atoms with E-state index in [9.17, 15) is 9.59 Å². The van der Waals surface area contributed by atoms with Crippen LogP contribution in [0.25, 0.3) is 0 Å². The molecule has 0 bridgehead atoms. The highest BCUT2D eigenvalue weighted by Gasteiger charge is 2.33. The molecule has 1 aromatic heterocycles. The quantitative estimate of drug-likeness (QED) is 0.695. The van der Waals surface area contributed by atoms with Gasteiger partial charge >= 0.3 is 0 Å². The molecule has 1 aliphatic rings. The molecule has 1 unspecified atom stereocenters. The fourth-order valence-corrected chi connectivity index (χ4v) is 3.57. The lowest BCUT2D eigenvalue weighted by atomic mass is 10.1. The number of aryl methyl sites for hydroxylation is 2. The van der Waals surface area contributed by atoms with Crippen LogP contribution in [0, 0.1) is 19.8 Å². The summed E-state index contributed by atoms with van der Waals surface area (Å²) in [5, 5.41) is 6.12. The Hall–Kier alpha value is -3.00. The highest BCUT2D eigenvalue weighted by molar-refractivity contribution is 5.97. The van der Waals surface area contributed by atoms with Crippen molar-refractivity contribution in [3.05, 3.63) is 41.7 Å². The largest absolute Gasteiger partial charge is 0.342 e. The molecule has 2 N–H and O–H groups in total. The molecule has 0 spiro atoms. The summed E-state index contributed by atoms with van der Waals surface area (Å²) in [5.74, 6) is 0.122. The van der Waals surface area contributed by atoms with Crippen molar-refractivity contribution in [1.82, 2.24) is 19.8 Å². The molecule has 1 saturated heterocycles. The van der Waals surface area contributed by atoms with Gasteiger partial charge in [0, 0.05) is 42.3 Å². The molecule has 1 atom stereocenters. The van der Waals surface area contributed by atoms with Gasteiger partial charge in [0.2, 0.25) is 17.8 Å². The van der Waals surface area contributed by atoms with Crippen molar-refractivity contribution in [3.63, 3.8) is 0 Å². The Balaban J connectivity index is 1.58. The van der Waals surface area contributed by atoms with E-state index in [1.165, 1.54) is 0 Å². The Bertz CT molecular complexity index is 894. The van der Waals surface area contributed by atoms with E-state index in [-0.39, 0.29) is 24.2 Å². The molecule has 0 aliphatic carbocycles. The smallest absolute Gasteiger partial charge is 0.229 e. The third-order valence-electron chi connectivity index (χ3n) is 4.99. The Labute approximate surface area is 177 Å². The van der Waals surface area contributed by atoms with E-state index in [2.05, 4.69) is 25.5 Å². The van der Waals surface area contributed by atoms with E-state index < -0.39 is 0 Å². The summed E-state index contributed by atoms with van der Waals surface area (Å²) in [4.78, 5) is 37.6. The number of nitrogens with zero attached hydrogens (tertiary/aromatic N) is 4. The second-order valence-corrected chi connectivity index (χ2v) is 8.07. The van der Waals surface area contributed by atoms with Crippen molar-refractivity contribution in [1.29, 1.82) is 0 Å². The fraction of sp³-hybridized carbons (Fsp3) is 0.455. The molecule has 0 radical (unpaired) electrons. The lowest BCUT2D eigenvalue weighted by Crippen LogP contribution is -2.30. The van der Waals surface area contributed by atoms with Gasteiger partial charge in [-0.3, -0.25) is 9.59 Å². The first-order chi connectivity index (χ1) is 14.3. The van der Waals surface area contributed by atoms with Gasteiger partial charge in [-0.1, -0.05) is 6.07 Å². The summed E-state index contributed by atoms with van der Waals surface area (Å²) >= 11 is 0. The summed E-state index contributed by atoms with van der Waals surface area (Å²) in [6, 6.07) is 9.33. The Morgan fingerprint density at radius 1 is 1.17 bits per heavy atom. The van der Waals surface area contributed by atoms with Crippen LogP contribution in [-0.2, 0) is 9.59 Å². The van der Waals surface area contributed by atoms with Crippen LogP contribution < -0.4 is 10.6 Å². The average molecular weight is 411 g/mol. The molecule has 160 valence electrons. The zero-order valence-electron chi connectivity index (χ0n) is 18.1. The highest BCUT2D eigenvalue weighted by Crippen LogP contribution is 2.22. The van der Waals surface area contributed by atoms with Gasteiger partial charge in [0.15, 0.2) is 0 Å². The molecule has 1 fully saturated rings. The van der Waals surface area contributed by atoms with Crippen molar-refractivity contribution in [3.8, 4) is 0 Å². The number of benzene rings is 1. The minimum Gasteiger partial charge on any atom is -0.342 e. The van der Waals surface area contributed by atoms with E-state index in [1.807, 2.05) is 58.3 Å². The Morgan fingerprint density at radius 2 is 1.87 bits per heavy atom. The van der Waals surface area contributed by atoms with Crippen molar-refractivity contribution in [2.45, 2.75) is 26.7 Å². The third-order valence-corrected chi connectivity index (χ3v) is 4.99. The van der Waals surface area contributed by atoms with Gasteiger partial charge in [0.05, 0.1) is 5.92 Å². The second-order valence-electron chi connectivity index (χ2n) is 8.07. The number of likely N-dealkylation sites (tertiary alicyclic amines) is 1. The maximum Gasteiger partial charge on any atom is 0.229 e. The van der Waals surface area contributed by atoms with Gasteiger partial charge in [-0.05, 0) is 65.2 Å². The van der Waals surface area contributed by atoms with Crippen LogP contribution in [0.4, 0.5) is 17.3 Å². The molecule has 8 heteroatoms. The number of nitrogens with one attached hydrogen (secondary N) is 2. The lowest BCUT2D eigenvalue weighted by molar-refractivity contribution is -0.128. The molecule has 0 saturated carbocycles. The SMILES string of the molecule is Cc1cc(C)nc(Nc2cccc(NC(=O)C3CC(=O)N(CCCN(C)C)C3)c2)n1. The first-order valence-electron chi connectivity index (χ1n) is 10.2. The normalized spacial score (nSPS) is 16.2. The van der Waals surface area contributed by atoms with Gasteiger partial charge in [0.1, 0.15) is 0 Å². The maximum atomic E-state index is 12.7. The first-order valence-corrected chi connectivity index (χ1v) is 10.2. The zero-order valence-corrected chi connectivity index (χ0v) is 18.1. The molecular formula is C22H30N6O2. The number of amides is 2. The Kier molecular flexibility index (Phi) is 6.99. The van der Waals surface area contributed by atoms with Gasteiger partial charge < -0.3 is 20.4 Å². The summed E-state index contributed by atoms with van der Waals surface area (Å²) in [6.45, 7) is 5.93. The molecule has 3 rings (SSSR count). The summed E-state index contributed by atoms with van der Waals surface area (Å²) < 4.78 is 0. The molecule has 2 amide bonds. The first kappa shape index (κ1) is 21.7. The highest BCUT2D eigenvalue weighted by atomic mass is 16.2. The number of aromatic nitrogens is 2. The van der Waals surface area contributed by atoms with Crippen molar-refractivity contribution >= 4 is 29.1 Å². The van der Waals surface area contributed by atoms with Crippen LogP contribution in [0.15, 0.2) is 30.3 Å².